The van der Waals surface area contributed by atoms with Crippen LogP contribution in [0.3, 0.4) is 0 Å². The van der Waals surface area contributed by atoms with Crippen LogP contribution in [-0.2, 0) is 15.1 Å². The smallest absolute Gasteiger partial charge is 0.349 e. The quantitative estimate of drug-likeness (QED) is 0.252. The molecule has 36 heavy (non-hydrogen) atoms. The number of hydrogen-bond acceptors (Lipinski definition) is 8. The van der Waals surface area contributed by atoms with E-state index >= 15 is 0 Å². The molecule has 4 aliphatic heterocycles. The molecule has 1 N–H and O–H groups in total. The number of piperidine rings is 3. The maximum absolute atomic E-state index is 13.5. The molecule has 1 unspecified atom stereocenters. The molecule has 0 spiro atoms. The van der Waals surface area contributed by atoms with Crippen molar-refractivity contribution in [1.29, 1.82) is 0 Å². The van der Waals surface area contributed by atoms with Crippen LogP contribution in [0.5, 0.6) is 17.2 Å². The van der Waals surface area contributed by atoms with Gasteiger partial charge in [-0.3, -0.25) is 0 Å². The number of quaternary nitrogens is 1. The first-order chi connectivity index (χ1) is 17.6. The van der Waals surface area contributed by atoms with E-state index in [1.165, 1.54) is 22.7 Å². The lowest BCUT2D eigenvalue weighted by Gasteiger charge is -2.52. The molecule has 6 heterocycles. The Kier molecular flexibility index (Phi) is 6.41. The van der Waals surface area contributed by atoms with Gasteiger partial charge in [0.15, 0.2) is 17.6 Å². The molecule has 7 nitrogen and oxygen atoms in total. The molecule has 0 aliphatic carbocycles. The monoisotopic (exact) mass is 528 g/mol. The van der Waals surface area contributed by atoms with Gasteiger partial charge in [-0.05, 0) is 35.0 Å². The van der Waals surface area contributed by atoms with Crippen LogP contribution >= 0.6 is 22.7 Å². The Morgan fingerprint density at radius 1 is 1.06 bits per heavy atom. The van der Waals surface area contributed by atoms with Crippen molar-refractivity contribution in [2.24, 2.45) is 5.92 Å². The van der Waals surface area contributed by atoms with E-state index in [4.69, 9.17) is 18.9 Å². The molecule has 0 saturated carbocycles. The zero-order chi connectivity index (χ0) is 24.6. The number of benzene rings is 1. The summed E-state index contributed by atoms with van der Waals surface area (Å²) in [6.07, 6.45) is 2.81. The highest BCUT2D eigenvalue weighted by Gasteiger charge is 2.51. The number of carbonyl (C=O) groups excluding carboxylic acids is 1. The van der Waals surface area contributed by atoms with Crippen LogP contribution in [0.4, 0.5) is 0 Å². The highest BCUT2D eigenvalue weighted by molar-refractivity contribution is 7.12. The minimum Gasteiger partial charge on any atom is -0.493 e. The number of ether oxygens (including phenoxy) is 4. The summed E-state index contributed by atoms with van der Waals surface area (Å²) < 4.78 is 23.8. The molecule has 3 saturated heterocycles. The summed E-state index contributed by atoms with van der Waals surface area (Å²) in [5.41, 5.74) is -1.75. The van der Waals surface area contributed by atoms with E-state index < -0.39 is 11.6 Å². The van der Waals surface area contributed by atoms with E-state index in [2.05, 4.69) is 0 Å². The van der Waals surface area contributed by atoms with E-state index in [0.29, 0.717) is 22.3 Å². The average molecular weight is 529 g/mol. The van der Waals surface area contributed by atoms with Crippen LogP contribution in [0, 0.1) is 5.92 Å². The molecular formula is C27H30NO6S2+. The number of aliphatic hydroxyl groups is 1. The van der Waals surface area contributed by atoms with Crippen molar-refractivity contribution >= 4 is 28.6 Å². The molecule has 4 aliphatic rings. The van der Waals surface area contributed by atoms with Gasteiger partial charge in [-0.15, -0.1) is 22.7 Å². The Labute approximate surface area is 218 Å². The number of hydrogen-bond donors (Lipinski definition) is 1. The van der Waals surface area contributed by atoms with E-state index in [0.717, 1.165) is 67.2 Å². The van der Waals surface area contributed by atoms with E-state index in [1.807, 2.05) is 41.1 Å². The molecule has 3 fully saturated rings. The molecule has 0 amide bonds. The third-order valence-electron chi connectivity index (χ3n) is 7.74. The maximum Gasteiger partial charge on any atom is 0.349 e. The van der Waals surface area contributed by atoms with Gasteiger partial charge < -0.3 is 28.5 Å². The van der Waals surface area contributed by atoms with Crippen molar-refractivity contribution in [1.82, 2.24) is 0 Å². The third kappa shape index (κ3) is 4.38. The molecule has 7 rings (SSSR count). The zero-order valence-electron chi connectivity index (χ0n) is 20.0. The molecule has 9 heteroatoms. The maximum atomic E-state index is 13.5. The van der Waals surface area contributed by atoms with E-state index in [9.17, 15) is 9.90 Å². The van der Waals surface area contributed by atoms with Gasteiger partial charge in [-0.1, -0.05) is 12.1 Å². The number of nitrogens with zero attached hydrogens (tertiary/aromatic N) is 1. The molecule has 2 aromatic heterocycles. The van der Waals surface area contributed by atoms with Gasteiger partial charge in [-0.25, -0.2) is 4.79 Å². The largest absolute Gasteiger partial charge is 0.493 e. The highest BCUT2D eigenvalue weighted by Crippen LogP contribution is 2.41. The second-order valence-electron chi connectivity index (χ2n) is 9.86. The van der Waals surface area contributed by atoms with Crippen molar-refractivity contribution < 1.29 is 33.3 Å². The second-order valence-corrected chi connectivity index (χ2v) is 11.8. The van der Waals surface area contributed by atoms with Crippen molar-refractivity contribution in [3.63, 3.8) is 0 Å². The molecule has 1 atom stereocenters. The summed E-state index contributed by atoms with van der Waals surface area (Å²) in [5, 5.41) is 15.4. The van der Waals surface area contributed by atoms with Crippen LogP contribution < -0.4 is 14.2 Å². The zero-order valence-corrected chi connectivity index (χ0v) is 21.6. The molecule has 1 aromatic carbocycles. The predicted molar refractivity (Wildman–Crippen MR) is 137 cm³/mol. The fourth-order valence-electron chi connectivity index (χ4n) is 5.74. The van der Waals surface area contributed by atoms with Crippen molar-refractivity contribution in [3.8, 4) is 17.2 Å². The lowest BCUT2D eigenvalue weighted by Crippen LogP contribution is -2.65. The Hall–Kier alpha value is -2.59. The van der Waals surface area contributed by atoms with Crippen LogP contribution in [0.25, 0.3) is 0 Å². The number of fused-ring (bicyclic) bond motifs is 4. The van der Waals surface area contributed by atoms with Gasteiger partial charge >= 0.3 is 5.97 Å². The SMILES string of the molecule is O=C(OC1C[N+]2(CCCOc3ccc4c(c3)OCO4)CCC1CC2)C(O)(c1cccs1)c1cccs1. The fourth-order valence-corrected chi connectivity index (χ4v) is 7.45. The molecule has 2 bridgehead atoms. The van der Waals surface area contributed by atoms with E-state index in [1.54, 1.807) is 12.1 Å². The van der Waals surface area contributed by atoms with Crippen molar-refractivity contribution in [3.05, 3.63) is 63.0 Å². The second kappa shape index (κ2) is 9.70. The summed E-state index contributed by atoms with van der Waals surface area (Å²) in [5.74, 6) is 2.06. The molecule has 3 aromatic rings. The standard InChI is InChI=1S/C27H30NO6S2/c29-26(27(30,24-4-1-14-35-24)25-5-2-15-36-25)34-23-17-28(11-8-19(23)9-12-28)10-3-13-31-20-6-7-21-22(16-20)33-18-32-21/h1-2,4-7,14-16,19,23,30H,3,8-13,17-18H2/q+1. The summed E-state index contributed by atoms with van der Waals surface area (Å²) in [4.78, 5) is 14.7. The Morgan fingerprint density at radius 3 is 2.47 bits per heavy atom. The Balaban J connectivity index is 1.08. The average Bonchev–Trinajstić information content (AvgIpc) is 3.69. The first kappa shape index (κ1) is 23.8. The van der Waals surface area contributed by atoms with Crippen molar-refractivity contribution in [2.45, 2.75) is 31.0 Å². The number of esters is 1. The first-order valence-electron chi connectivity index (χ1n) is 12.4. The summed E-state index contributed by atoms with van der Waals surface area (Å²) in [6, 6.07) is 13.0. The lowest BCUT2D eigenvalue weighted by atomic mass is 9.83. The Morgan fingerprint density at radius 2 is 1.78 bits per heavy atom. The van der Waals surface area contributed by atoms with Gasteiger partial charge in [0.05, 0.1) is 36.0 Å². The summed E-state index contributed by atoms with van der Waals surface area (Å²) in [6.45, 7) is 4.84. The normalized spacial score (nSPS) is 24.6. The molecular weight excluding hydrogens is 498 g/mol. The predicted octanol–water partition coefficient (Wildman–Crippen LogP) is 4.40. The highest BCUT2D eigenvalue weighted by atomic mass is 32.1. The molecule has 190 valence electrons. The minimum absolute atomic E-state index is 0.179. The van der Waals surface area contributed by atoms with E-state index in [-0.39, 0.29) is 12.9 Å². The van der Waals surface area contributed by atoms with Gasteiger partial charge in [-0.2, -0.15) is 0 Å². The summed E-state index contributed by atoms with van der Waals surface area (Å²) >= 11 is 2.75. The van der Waals surface area contributed by atoms with Crippen molar-refractivity contribution in [2.75, 3.05) is 39.6 Å². The topological polar surface area (TPSA) is 74.2 Å². The number of rotatable bonds is 9. The first-order valence-corrected chi connectivity index (χ1v) is 14.2. The molecule has 0 radical (unpaired) electrons. The minimum atomic E-state index is -1.75. The van der Waals surface area contributed by atoms with Gasteiger partial charge in [0.25, 0.3) is 0 Å². The van der Waals surface area contributed by atoms with Crippen LogP contribution in [-0.4, -0.2) is 61.2 Å². The van der Waals surface area contributed by atoms with Gasteiger partial charge in [0.2, 0.25) is 12.4 Å². The van der Waals surface area contributed by atoms with Gasteiger partial charge in [0.1, 0.15) is 12.3 Å². The number of thiophene rings is 2. The van der Waals surface area contributed by atoms with Crippen LogP contribution in [0.15, 0.2) is 53.2 Å². The van der Waals surface area contributed by atoms with Crippen LogP contribution in [0.2, 0.25) is 0 Å². The fraction of sp³-hybridized carbons (Fsp3) is 0.444. The Bertz CT molecular complexity index is 1150. The third-order valence-corrected chi connectivity index (χ3v) is 9.70. The summed E-state index contributed by atoms with van der Waals surface area (Å²) in [7, 11) is 0. The number of carbonyl (C=O) groups is 1. The lowest BCUT2D eigenvalue weighted by molar-refractivity contribution is -0.946. The van der Waals surface area contributed by atoms with Crippen LogP contribution in [0.1, 0.15) is 29.0 Å². The van der Waals surface area contributed by atoms with Gasteiger partial charge in [0, 0.05) is 31.2 Å².